The van der Waals surface area contributed by atoms with Gasteiger partial charge in [0.2, 0.25) is 0 Å². The molecule has 22 heavy (non-hydrogen) atoms. The minimum Gasteiger partial charge on any atom is -0.352 e. The van der Waals surface area contributed by atoms with Gasteiger partial charge in [0.1, 0.15) is 0 Å². The maximum absolute atomic E-state index is 12.2. The number of hydrogen-bond acceptors (Lipinski definition) is 3. The van der Waals surface area contributed by atoms with Gasteiger partial charge in [-0.2, -0.15) is 0 Å². The first-order valence-electron chi connectivity index (χ1n) is 7.45. The van der Waals surface area contributed by atoms with E-state index in [0.717, 1.165) is 21.8 Å². The van der Waals surface area contributed by atoms with Crippen molar-refractivity contribution in [3.63, 3.8) is 0 Å². The fourth-order valence-electron chi connectivity index (χ4n) is 2.20. The summed E-state index contributed by atoms with van der Waals surface area (Å²) < 4.78 is 3.01. The lowest BCUT2D eigenvalue weighted by atomic mass is 10.1. The molecule has 5 heteroatoms. The normalized spacial score (nSPS) is 11.2. The number of fused-ring (bicyclic) bond motifs is 1. The average molecular weight is 313 g/mol. The molecular formula is C17H19N3OS. The smallest absolute Gasteiger partial charge is 0.251 e. The van der Waals surface area contributed by atoms with Gasteiger partial charge in [-0.25, -0.2) is 4.98 Å². The Hall–Kier alpha value is -2.14. The molecule has 1 N–H and O–H groups in total. The van der Waals surface area contributed by atoms with Crippen LogP contribution in [0.25, 0.3) is 15.3 Å². The van der Waals surface area contributed by atoms with Gasteiger partial charge in [-0.3, -0.25) is 4.79 Å². The molecule has 0 aliphatic rings. The van der Waals surface area contributed by atoms with Crippen molar-refractivity contribution in [3.05, 3.63) is 48.3 Å². The molecule has 114 valence electrons. The number of hydrogen-bond donors (Lipinski definition) is 1. The number of nitrogens with one attached hydrogen (secondary N) is 1. The van der Waals surface area contributed by atoms with E-state index in [0.29, 0.717) is 18.0 Å². The Morgan fingerprint density at radius 3 is 2.82 bits per heavy atom. The van der Waals surface area contributed by atoms with Crippen LogP contribution in [0.2, 0.25) is 0 Å². The number of benzene rings is 1. The van der Waals surface area contributed by atoms with E-state index in [1.54, 1.807) is 11.3 Å². The van der Waals surface area contributed by atoms with Crippen LogP contribution < -0.4 is 5.32 Å². The first-order chi connectivity index (χ1) is 10.6. The van der Waals surface area contributed by atoms with E-state index in [1.807, 2.05) is 47.3 Å². The summed E-state index contributed by atoms with van der Waals surface area (Å²) in [6.45, 7) is 5.02. The van der Waals surface area contributed by atoms with Gasteiger partial charge in [-0.15, -0.1) is 0 Å². The zero-order chi connectivity index (χ0) is 15.5. The van der Waals surface area contributed by atoms with E-state index in [-0.39, 0.29) is 5.91 Å². The number of rotatable bonds is 5. The molecule has 2 heterocycles. The molecule has 2 aromatic heterocycles. The molecule has 0 saturated carbocycles. The molecule has 0 spiro atoms. The predicted octanol–water partition coefficient (Wildman–Crippen LogP) is 3.86. The fourth-order valence-corrected chi connectivity index (χ4v) is 3.17. The lowest BCUT2D eigenvalue weighted by Gasteiger charge is -2.07. The Kier molecular flexibility index (Phi) is 4.24. The molecule has 0 unspecified atom stereocenters. The zero-order valence-electron chi connectivity index (χ0n) is 12.7. The van der Waals surface area contributed by atoms with E-state index in [9.17, 15) is 4.79 Å². The molecule has 1 amide bonds. The Morgan fingerprint density at radius 2 is 2.09 bits per heavy atom. The van der Waals surface area contributed by atoms with Gasteiger partial charge in [0.25, 0.3) is 5.91 Å². The SMILES string of the molecule is CC(C)CCNC(=O)c1ccc2nc(-n3cccc3)sc2c1. The van der Waals surface area contributed by atoms with Crippen LogP contribution in [0.1, 0.15) is 30.6 Å². The van der Waals surface area contributed by atoms with Gasteiger partial charge < -0.3 is 9.88 Å². The lowest BCUT2D eigenvalue weighted by molar-refractivity contribution is 0.0952. The van der Waals surface area contributed by atoms with Crippen molar-refractivity contribution < 1.29 is 4.79 Å². The summed E-state index contributed by atoms with van der Waals surface area (Å²) in [5.41, 5.74) is 1.62. The Labute approximate surface area is 133 Å². The van der Waals surface area contributed by atoms with Gasteiger partial charge in [-0.05, 0) is 42.7 Å². The Bertz CT molecular complexity index is 774. The van der Waals surface area contributed by atoms with Crippen molar-refractivity contribution in [2.45, 2.75) is 20.3 Å². The summed E-state index contributed by atoms with van der Waals surface area (Å²) in [7, 11) is 0. The van der Waals surface area contributed by atoms with Crippen LogP contribution in [0.4, 0.5) is 0 Å². The molecular weight excluding hydrogens is 294 g/mol. The average Bonchev–Trinajstić information content (AvgIpc) is 3.14. The zero-order valence-corrected chi connectivity index (χ0v) is 13.6. The van der Waals surface area contributed by atoms with Crippen molar-refractivity contribution in [2.24, 2.45) is 5.92 Å². The summed E-state index contributed by atoms with van der Waals surface area (Å²) in [5, 5.41) is 3.88. The number of carbonyl (C=O) groups excluding carboxylic acids is 1. The van der Waals surface area contributed by atoms with E-state index < -0.39 is 0 Å². The van der Waals surface area contributed by atoms with E-state index in [2.05, 4.69) is 24.1 Å². The summed E-state index contributed by atoms with van der Waals surface area (Å²) in [4.78, 5) is 16.8. The van der Waals surface area contributed by atoms with Gasteiger partial charge in [-0.1, -0.05) is 25.2 Å². The Morgan fingerprint density at radius 1 is 1.32 bits per heavy atom. The summed E-state index contributed by atoms with van der Waals surface area (Å²) >= 11 is 1.59. The standard InChI is InChI=1S/C17H19N3OS/c1-12(2)7-8-18-16(21)13-5-6-14-15(11-13)22-17(19-14)20-9-3-4-10-20/h3-6,9-12H,7-8H2,1-2H3,(H,18,21). The first kappa shape index (κ1) is 14.8. The third kappa shape index (κ3) is 3.20. The third-order valence-electron chi connectivity index (χ3n) is 3.47. The number of amides is 1. The largest absolute Gasteiger partial charge is 0.352 e. The van der Waals surface area contributed by atoms with Crippen molar-refractivity contribution in [1.29, 1.82) is 0 Å². The van der Waals surface area contributed by atoms with Gasteiger partial charge >= 0.3 is 0 Å². The van der Waals surface area contributed by atoms with Crippen molar-refractivity contribution >= 4 is 27.5 Å². The number of thiazole rings is 1. The van der Waals surface area contributed by atoms with Gasteiger partial charge in [0, 0.05) is 24.5 Å². The molecule has 1 aromatic carbocycles. The lowest BCUT2D eigenvalue weighted by Crippen LogP contribution is -2.25. The molecule has 0 aliphatic heterocycles. The van der Waals surface area contributed by atoms with E-state index in [4.69, 9.17) is 0 Å². The van der Waals surface area contributed by atoms with Crippen LogP contribution in [0.15, 0.2) is 42.7 Å². The van der Waals surface area contributed by atoms with Gasteiger partial charge in [0.05, 0.1) is 10.2 Å². The summed E-state index contributed by atoms with van der Waals surface area (Å²) in [6.07, 6.45) is 4.93. The minimum absolute atomic E-state index is 0.0153. The molecule has 4 nitrogen and oxygen atoms in total. The van der Waals surface area contributed by atoms with E-state index in [1.165, 1.54) is 0 Å². The van der Waals surface area contributed by atoms with Crippen LogP contribution in [0.3, 0.4) is 0 Å². The predicted molar refractivity (Wildman–Crippen MR) is 90.7 cm³/mol. The summed E-state index contributed by atoms with van der Waals surface area (Å²) in [5.74, 6) is 0.576. The molecule has 0 saturated heterocycles. The minimum atomic E-state index is -0.0153. The molecule has 0 aliphatic carbocycles. The number of carbonyl (C=O) groups is 1. The third-order valence-corrected chi connectivity index (χ3v) is 4.50. The second-order valence-electron chi connectivity index (χ2n) is 5.71. The highest BCUT2D eigenvalue weighted by Crippen LogP contribution is 2.26. The maximum atomic E-state index is 12.2. The second-order valence-corrected chi connectivity index (χ2v) is 6.72. The van der Waals surface area contributed by atoms with Crippen LogP contribution >= 0.6 is 11.3 Å². The molecule has 0 radical (unpaired) electrons. The van der Waals surface area contributed by atoms with Crippen LogP contribution in [-0.2, 0) is 0 Å². The van der Waals surface area contributed by atoms with Crippen LogP contribution in [0, 0.1) is 5.92 Å². The summed E-state index contributed by atoms with van der Waals surface area (Å²) in [6, 6.07) is 9.62. The number of nitrogens with zero attached hydrogens (tertiary/aromatic N) is 2. The molecule has 0 fully saturated rings. The van der Waals surface area contributed by atoms with E-state index >= 15 is 0 Å². The molecule has 3 rings (SSSR count). The van der Waals surface area contributed by atoms with Crippen molar-refractivity contribution in [3.8, 4) is 5.13 Å². The monoisotopic (exact) mass is 313 g/mol. The first-order valence-corrected chi connectivity index (χ1v) is 8.27. The highest BCUT2D eigenvalue weighted by molar-refractivity contribution is 7.20. The van der Waals surface area contributed by atoms with Crippen LogP contribution in [0.5, 0.6) is 0 Å². The molecule has 0 atom stereocenters. The van der Waals surface area contributed by atoms with Gasteiger partial charge in [0.15, 0.2) is 5.13 Å². The van der Waals surface area contributed by atoms with Crippen LogP contribution in [-0.4, -0.2) is 22.0 Å². The van der Waals surface area contributed by atoms with Crippen molar-refractivity contribution in [2.75, 3.05) is 6.54 Å². The number of aromatic nitrogens is 2. The Balaban J connectivity index is 1.79. The second kappa shape index (κ2) is 6.32. The fraction of sp³-hybridized carbons (Fsp3) is 0.294. The maximum Gasteiger partial charge on any atom is 0.251 e. The molecule has 0 bridgehead atoms. The topological polar surface area (TPSA) is 46.9 Å². The van der Waals surface area contributed by atoms with Crippen molar-refractivity contribution in [1.82, 2.24) is 14.9 Å². The molecule has 3 aromatic rings. The highest BCUT2D eigenvalue weighted by atomic mass is 32.1. The highest BCUT2D eigenvalue weighted by Gasteiger charge is 2.10. The quantitative estimate of drug-likeness (QED) is 0.777.